The molecule has 21 heavy (non-hydrogen) atoms. The third-order valence-electron chi connectivity index (χ3n) is 4.88. The molecule has 2 aliphatic carbocycles. The highest BCUT2D eigenvalue weighted by atomic mass is 16.4. The highest BCUT2D eigenvalue weighted by Crippen LogP contribution is 2.61. The molecule has 0 aromatic heterocycles. The molecule has 2 saturated carbocycles. The van der Waals surface area contributed by atoms with Crippen molar-refractivity contribution in [3.05, 3.63) is 0 Å². The van der Waals surface area contributed by atoms with Crippen LogP contribution in [0.15, 0.2) is 0 Å². The minimum Gasteiger partial charge on any atom is -0.481 e. The molecule has 7 heteroatoms. The molecule has 0 aliphatic heterocycles. The first-order valence-corrected chi connectivity index (χ1v) is 7.32. The maximum absolute atomic E-state index is 12.2. The Morgan fingerprint density at radius 3 is 2.57 bits per heavy atom. The van der Waals surface area contributed by atoms with E-state index in [0.29, 0.717) is 32.2 Å². The molecule has 2 fully saturated rings. The number of amides is 1. The Labute approximate surface area is 122 Å². The summed E-state index contributed by atoms with van der Waals surface area (Å²) in [6.45, 7) is 1.99. The van der Waals surface area contributed by atoms with E-state index in [1.807, 2.05) is 0 Å². The average molecular weight is 298 g/mol. The highest BCUT2D eigenvalue weighted by Gasteiger charge is 2.69. The number of carboxylic acid groups (broad SMARTS) is 2. The largest absolute Gasteiger partial charge is 0.481 e. The molecule has 0 radical (unpaired) electrons. The van der Waals surface area contributed by atoms with Crippen molar-refractivity contribution in [1.82, 2.24) is 5.32 Å². The van der Waals surface area contributed by atoms with Crippen molar-refractivity contribution in [1.29, 1.82) is 0 Å². The molecule has 1 unspecified atom stereocenters. The fraction of sp³-hybridized carbons (Fsp3) is 0.786. The fourth-order valence-corrected chi connectivity index (χ4v) is 3.51. The predicted octanol–water partition coefficient (Wildman–Crippen LogP) is 0.0416. The summed E-state index contributed by atoms with van der Waals surface area (Å²) in [6.07, 6.45) is 2.24. The zero-order chi connectivity index (χ0) is 15.8. The van der Waals surface area contributed by atoms with E-state index in [2.05, 4.69) is 5.32 Å². The SMILES string of the molecule is CC(CCCNC(=O)[C@]1(N)CC[C@H]2[C@H](C(=O)O)[C@H]21)C(=O)O. The molecular weight excluding hydrogens is 276 g/mol. The summed E-state index contributed by atoms with van der Waals surface area (Å²) in [5.41, 5.74) is 5.06. The lowest BCUT2D eigenvalue weighted by Crippen LogP contribution is -2.55. The summed E-state index contributed by atoms with van der Waals surface area (Å²) in [5, 5.41) is 20.5. The Hall–Kier alpha value is -1.63. The Morgan fingerprint density at radius 2 is 2.05 bits per heavy atom. The second kappa shape index (κ2) is 5.63. The van der Waals surface area contributed by atoms with Gasteiger partial charge in [0.2, 0.25) is 5.91 Å². The molecule has 5 atom stereocenters. The van der Waals surface area contributed by atoms with Crippen molar-refractivity contribution in [3.63, 3.8) is 0 Å². The Kier molecular flexibility index (Phi) is 4.22. The third kappa shape index (κ3) is 2.88. The van der Waals surface area contributed by atoms with Gasteiger partial charge in [-0.15, -0.1) is 0 Å². The molecule has 1 amide bonds. The van der Waals surface area contributed by atoms with E-state index in [9.17, 15) is 14.4 Å². The maximum Gasteiger partial charge on any atom is 0.307 e. The summed E-state index contributed by atoms with van der Waals surface area (Å²) in [7, 11) is 0. The van der Waals surface area contributed by atoms with E-state index in [-0.39, 0.29) is 17.7 Å². The number of carbonyl (C=O) groups excluding carboxylic acids is 1. The molecule has 7 nitrogen and oxygen atoms in total. The van der Waals surface area contributed by atoms with Crippen LogP contribution in [0.25, 0.3) is 0 Å². The number of carbonyl (C=O) groups is 3. The normalized spacial score (nSPS) is 34.9. The van der Waals surface area contributed by atoms with Crippen LogP contribution >= 0.6 is 0 Å². The number of aliphatic carboxylic acids is 2. The number of hydrogen-bond acceptors (Lipinski definition) is 4. The second-order valence-corrected chi connectivity index (χ2v) is 6.27. The molecule has 0 spiro atoms. The zero-order valence-electron chi connectivity index (χ0n) is 12.0. The van der Waals surface area contributed by atoms with Gasteiger partial charge >= 0.3 is 11.9 Å². The lowest BCUT2D eigenvalue weighted by molar-refractivity contribution is -0.141. The minimum atomic E-state index is -1.08. The number of carboxylic acids is 2. The molecule has 118 valence electrons. The maximum atomic E-state index is 12.2. The first-order valence-electron chi connectivity index (χ1n) is 7.32. The quantitative estimate of drug-likeness (QED) is 0.491. The van der Waals surface area contributed by atoms with E-state index in [0.717, 1.165) is 0 Å². The topological polar surface area (TPSA) is 130 Å². The van der Waals surface area contributed by atoms with Gasteiger partial charge in [-0.05, 0) is 31.6 Å². The summed E-state index contributed by atoms with van der Waals surface area (Å²) >= 11 is 0. The summed E-state index contributed by atoms with van der Waals surface area (Å²) in [4.78, 5) is 33.9. The summed E-state index contributed by atoms with van der Waals surface area (Å²) in [5.74, 6) is -3.17. The van der Waals surface area contributed by atoms with Crippen molar-refractivity contribution in [3.8, 4) is 0 Å². The molecule has 0 aromatic rings. The number of rotatable bonds is 7. The van der Waals surface area contributed by atoms with Crippen LogP contribution in [0.5, 0.6) is 0 Å². The van der Waals surface area contributed by atoms with E-state index in [4.69, 9.17) is 15.9 Å². The lowest BCUT2D eigenvalue weighted by Gasteiger charge is -2.25. The van der Waals surface area contributed by atoms with E-state index in [1.54, 1.807) is 6.92 Å². The van der Waals surface area contributed by atoms with Gasteiger partial charge in [0.15, 0.2) is 0 Å². The Bertz CT molecular complexity index is 466. The van der Waals surface area contributed by atoms with Crippen LogP contribution in [0, 0.1) is 23.7 Å². The molecule has 2 aliphatic rings. The van der Waals surface area contributed by atoms with Crippen molar-refractivity contribution in [2.75, 3.05) is 6.54 Å². The molecular formula is C14H22N2O5. The van der Waals surface area contributed by atoms with Crippen molar-refractivity contribution in [2.24, 2.45) is 29.4 Å². The van der Waals surface area contributed by atoms with Gasteiger partial charge in [0.05, 0.1) is 17.4 Å². The second-order valence-electron chi connectivity index (χ2n) is 6.27. The third-order valence-corrected chi connectivity index (χ3v) is 4.88. The standard InChI is InChI=1S/C14H22N2O5/c1-7(11(17)18)3-2-6-16-13(21)14(15)5-4-8-9(10(8)14)12(19)20/h7-10H,2-6,15H2,1H3,(H,16,21)(H,17,18)(H,19,20)/t7?,8-,9-,10-,14-/m0/s1. The zero-order valence-corrected chi connectivity index (χ0v) is 12.0. The van der Waals surface area contributed by atoms with Crippen molar-refractivity contribution in [2.45, 2.75) is 38.1 Å². The van der Waals surface area contributed by atoms with Gasteiger partial charge in [-0.25, -0.2) is 0 Å². The first-order chi connectivity index (χ1) is 9.79. The first kappa shape index (κ1) is 15.8. The van der Waals surface area contributed by atoms with Crippen LogP contribution < -0.4 is 11.1 Å². The molecule has 0 saturated heterocycles. The number of nitrogens with one attached hydrogen (secondary N) is 1. The van der Waals surface area contributed by atoms with Crippen LogP contribution in [0.3, 0.4) is 0 Å². The smallest absolute Gasteiger partial charge is 0.307 e. The molecule has 0 bridgehead atoms. The Morgan fingerprint density at radius 1 is 1.38 bits per heavy atom. The van der Waals surface area contributed by atoms with Gasteiger partial charge < -0.3 is 21.3 Å². The molecule has 0 aromatic carbocycles. The van der Waals surface area contributed by atoms with Gasteiger partial charge in [-0.2, -0.15) is 0 Å². The van der Waals surface area contributed by atoms with E-state index < -0.39 is 29.3 Å². The van der Waals surface area contributed by atoms with Crippen LogP contribution in [0.2, 0.25) is 0 Å². The minimum absolute atomic E-state index is 0.0327. The average Bonchev–Trinajstić information content (AvgIpc) is 3.06. The summed E-state index contributed by atoms with van der Waals surface area (Å²) < 4.78 is 0. The monoisotopic (exact) mass is 298 g/mol. The predicted molar refractivity (Wildman–Crippen MR) is 73.3 cm³/mol. The number of fused-ring (bicyclic) bond motifs is 1. The van der Waals surface area contributed by atoms with Crippen LogP contribution in [-0.4, -0.2) is 40.1 Å². The number of hydrogen-bond donors (Lipinski definition) is 4. The van der Waals surface area contributed by atoms with Gasteiger partial charge in [0.1, 0.15) is 0 Å². The molecule has 5 N–H and O–H groups in total. The highest BCUT2D eigenvalue weighted by molar-refractivity contribution is 5.90. The van der Waals surface area contributed by atoms with Crippen molar-refractivity contribution < 1.29 is 24.6 Å². The van der Waals surface area contributed by atoms with Crippen LogP contribution in [0.1, 0.15) is 32.6 Å². The summed E-state index contributed by atoms with van der Waals surface area (Å²) in [6, 6.07) is 0. The van der Waals surface area contributed by atoms with Crippen LogP contribution in [0.4, 0.5) is 0 Å². The van der Waals surface area contributed by atoms with Gasteiger partial charge in [-0.1, -0.05) is 6.92 Å². The van der Waals surface area contributed by atoms with Gasteiger partial charge in [-0.3, -0.25) is 14.4 Å². The van der Waals surface area contributed by atoms with E-state index in [1.165, 1.54) is 0 Å². The van der Waals surface area contributed by atoms with Crippen LogP contribution in [-0.2, 0) is 14.4 Å². The molecule has 0 heterocycles. The number of nitrogens with two attached hydrogens (primary N) is 1. The van der Waals surface area contributed by atoms with E-state index >= 15 is 0 Å². The fourth-order valence-electron chi connectivity index (χ4n) is 3.51. The van der Waals surface area contributed by atoms with Gasteiger partial charge in [0, 0.05) is 12.5 Å². The Balaban J connectivity index is 1.79. The molecule has 2 rings (SSSR count). The van der Waals surface area contributed by atoms with Gasteiger partial charge in [0.25, 0.3) is 0 Å². The van der Waals surface area contributed by atoms with Crippen molar-refractivity contribution >= 4 is 17.8 Å². The lowest BCUT2D eigenvalue weighted by atomic mass is 9.90.